The monoisotopic (exact) mass is 507 g/mol. The van der Waals surface area contributed by atoms with Crippen LogP contribution < -0.4 is 14.5 Å². The van der Waals surface area contributed by atoms with E-state index in [1.54, 1.807) is 23.1 Å². The number of amides is 1. The summed E-state index contributed by atoms with van der Waals surface area (Å²) in [6, 6.07) is 5.82. The number of hydrogen-bond donors (Lipinski definition) is 0. The van der Waals surface area contributed by atoms with Crippen LogP contribution >= 0.6 is 0 Å². The van der Waals surface area contributed by atoms with Crippen LogP contribution in [0.4, 0.5) is 15.8 Å². The van der Waals surface area contributed by atoms with Crippen LogP contribution in [0.15, 0.2) is 30.6 Å². The van der Waals surface area contributed by atoms with Gasteiger partial charge in [0.05, 0.1) is 30.4 Å². The number of carbonyl (C=O) groups excluding carboxylic acids is 1. The molecule has 0 spiro atoms. The molecule has 2 aliphatic heterocycles. The van der Waals surface area contributed by atoms with Crippen LogP contribution in [0.2, 0.25) is 0 Å². The Balaban J connectivity index is 1.31. The molecule has 4 heterocycles. The summed E-state index contributed by atoms with van der Waals surface area (Å²) in [5.74, 6) is -0.0887. The second kappa shape index (κ2) is 10.4. The number of benzene rings is 1. The lowest BCUT2D eigenvalue weighted by atomic mass is 9.95. The molecule has 10 heteroatoms. The molecule has 2 aromatic heterocycles. The highest BCUT2D eigenvalue weighted by molar-refractivity contribution is 5.77. The van der Waals surface area contributed by atoms with Gasteiger partial charge in [0.2, 0.25) is 5.91 Å². The van der Waals surface area contributed by atoms with Crippen LogP contribution in [0.5, 0.6) is 6.01 Å². The third-order valence-corrected chi connectivity index (χ3v) is 7.26. The van der Waals surface area contributed by atoms with Crippen molar-refractivity contribution in [2.75, 3.05) is 42.6 Å². The van der Waals surface area contributed by atoms with Gasteiger partial charge in [0.25, 0.3) is 0 Å². The van der Waals surface area contributed by atoms with Crippen LogP contribution in [0.1, 0.15) is 36.4 Å². The Morgan fingerprint density at radius 1 is 1.11 bits per heavy atom. The number of aromatic nitrogens is 4. The van der Waals surface area contributed by atoms with Gasteiger partial charge in [-0.1, -0.05) is 0 Å². The summed E-state index contributed by atoms with van der Waals surface area (Å²) < 4.78 is 22.0. The molecule has 1 aromatic carbocycles. The van der Waals surface area contributed by atoms with E-state index in [2.05, 4.69) is 31.8 Å². The Labute approximate surface area is 216 Å². The van der Waals surface area contributed by atoms with Gasteiger partial charge in [-0.2, -0.15) is 5.10 Å². The van der Waals surface area contributed by atoms with Crippen molar-refractivity contribution in [1.29, 1.82) is 0 Å². The smallest absolute Gasteiger partial charge is 0.316 e. The van der Waals surface area contributed by atoms with E-state index in [-0.39, 0.29) is 24.3 Å². The number of hydrogen-bond acceptors (Lipinski definition) is 7. The summed E-state index contributed by atoms with van der Waals surface area (Å²) in [5.41, 5.74) is 5.58. The number of anilines is 2. The number of rotatable bonds is 6. The fraction of sp³-hybridized carbons (Fsp3) is 0.481. The fourth-order valence-electron chi connectivity index (χ4n) is 5.41. The lowest BCUT2D eigenvalue weighted by molar-refractivity contribution is -0.134. The second-order valence-corrected chi connectivity index (χ2v) is 9.82. The van der Waals surface area contributed by atoms with Gasteiger partial charge in [-0.3, -0.25) is 9.48 Å². The Bertz CT molecular complexity index is 1280. The molecule has 0 radical (unpaired) electrons. The van der Waals surface area contributed by atoms with E-state index in [9.17, 15) is 9.18 Å². The largest absolute Gasteiger partial charge is 0.464 e. The van der Waals surface area contributed by atoms with Crippen molar-refractivity contribution in [1.82, 2.24) is 24.6 Å². The predicted molar refractivity (Wildman–Crippen MR) is 139 cm³/mol. The van der Waals surface area contributed by atoms with Crippen LogP contribution in [0.3, 0.4) is 0 Å². The maximum absolute atomic E-state index is 14.8. The van der Waals surface area contributed by atoms with Gasteiger partial charge < -0.3 is 19.4 Å². The van der Waals surface area contributed by atoms with Crippen molar-refractivity contribution in [3.63, 3.8) is 0 Å². The fourth-order valence-corrected chi connectivity index (χ4v) is 5.41. The Morgan fingerprint density at radius 2 is 1.89 bits per heavy atom. The minimum Gasteiger partial charge on any atom is -0.464 e. The number of ether oxygens (including phenoxy) is 1. The van der Waals surface area contributed by atoms with E-state index in [0.29, 0.717) is 51.8 Å². The van der Waals surface area contributed by atoms with E-state index in [0.717, 1.165) is 33.9 Å². The van der Waals surface area contributed by atoms with E-state index in [1.807, 2.05) is 37.8 Å². The number of fused-ring (bicyclic) bond motifs is 1. The molecule has 196 valence electrons. The van der Waals surface area contributed by atoms with Gasteiger partial charge >= 0.3 is 6.01 Å². The van der Waals surface area contributed by atoms with Gasteiger partial charge in [0.1, 0.15) is 12.4 Å². The van der Waals surface area contributed by atoms with Gasteiger partial charge in [-0.05, 0) is 57.9 Å². The molecule has 0 unspecified atom stereocenters. The quantitative estimate of drug-likeness (QED) is 0.507. The van der Waals surface area contributed by atoms with E-state index in [1.165, 1.54) is 0 Å². The molecule has 1 atom stereocenters. The first-order valence-corrected chi connectivity index (χ1v) is 12.9. The molecule has 0 bridgehead atoms. The standard InChI is InChI=1S/C27H34FN7O2/c1-5-37-27-29-13-21(14-30-27)32-9-8-22-23(16-32)25(7-6-24(22)28)33-10-11-34(20(4)15-33)26(36)17-35-19(3)12-18(2)31-35/h6-7,12-14,20H,5,8-11,15-17H2,1-4H3/t20-/m1/s1. The van der Waals surface area contributed by atoms with Crippen molar-refractivity contribution < 1.29 is 13.9 Å². The van der Waals surface area contributed by atoms with Crippen molar-refractivity contribution in [2.45, 2.75) is 53.2 Å². The molecule has 0 saturated carbocycles. The molecule has 1 fully saturated rings. The van der Waals surface area contributed by atoms with E-state index >= 15 is 0 Å². The van der Waals surface area contributed by atoms with Crippen LogP contribution in [-0.4, -0.2) is 69.4 Å². The van der Waals surface area contributed by atoms with E-state index < -0.39 is 0 Å². The Kier molecular flexibility index (Phi) is 6.99. The molecule has 0 N–H and O–H groups in total. The first kappa shape index (κ1) is 25.0. The molecule has 37 heavy (non-hydrogen) atoms. The average molecular weight is 508 g/mol. The van der Waals surface area contributed by atoms with E-state index in [4.69, 9.17) is 4.74 Å². The summed E-state index contributed by atoms with van der Waals surface area (Å²) in [6.45, 7) is 11.9. The van der Waals surface area contributed by atoms with Gasteiger partial charge in [-0.15, -0.1) is 0 Å². The van der Waals surface area contributed by atoms with Crippen molar-refractivity contribution in [3.05, 3.63) is 58.9 Å². The summed E-state index contributed by atoms with van der Waals surface area (Å²) in [7, 11) is 0. The summed E-state index contributed by atoms with van der Waals surface area (Å²) in [5, 5.41) is 4.44. The number of carbonyl (C=O) groups is 1. The summed E-state index contributed by atoms with van der Waals surface area (Å²) >= 11 is 0. The molecular weight excluding hydrogens is 473 g/mol. The lowest BCUT2D eigenvalue weighted by Crippen LogP contribution is -2.55. The molecule has 3 aromatic rings. The van der Waals surface area contributed by atoms with Crippen LogP contribution in [-0.2, 0) is 24.3 Å². The van der Waals surface area contributed by atoms with Crippen LogP contribution in [0, 0.1) is 19.7 Å². The number of piperazine rings is 1. The first-order chi connectivity index (χ1) is 17.8. The normalized spacial score (nSPS) is 17.6. The highest BCUT2D eigenvalue weighted by atomic mass is 19.1. The van der Waals surface area contributed by atoms with Gasteiger partial charge in [-0.25, -0.2) is 14.4 Å². The lowest BCUT2D eigenvalue weighted by Gasteiger charge is -2.43. The first-order valence-electron chi connectivity index (χ1n) is 12.9. The maximum atomic E-state index is 14.8. The molecule has 9 nitrogen and oxygen atoms in total. The maximum Gasteiger partial charge on any atom is 0.316 e. The molecule has 1 amide bonds. The summed E-state index contributed by atoms with van der Waals surface area (Å²) in [4.78, 5) is 28.1. The van der Waals surface area contributed by atoms with Gasteiger partial charge in [0, 0.05) is 55.7 Å². The SMILES string of the molecule is CCOc1ncc(N2CCc3c(F)ccc(N4CCN(C(=O)Cn5nc(C)cc5C)[C@H](C)C4)c3C2)cn1. The molecule has 2 aliphatic rings. The highest BCUT2D eigenvalue weighted by Gasteiger charge is 2.31. The van der Waals surface area contributed by atoms with Crippen LogP contribution in [0.25, 0.3) is 0 Å². The Hall–Kier alpha value is -3.69. The molecular formula is C27H34FN7O2. The summed E-state index contributed by atoms with van der Waals surface area (Å²) in [6.07, 6.45) is 4.13. The minimum absolute atomic E-state index is 0.0260. The third kappa shape index (κ3) is 5.10. The zero-order chi connectivity index (χ0) is 26.1. The zero-order valence-corrected chi connectivity index (χ0v) is 21.9. The molecule has 0 aliphatic carbocycles. The predicted octanol–water partition coefficient (Wildman–Crippen LogP) is 3.13. The number of nitrogens with zero attached hydrogens (tertiary/aromatic N) is 7. The Morgan fingerprint density at radius 3 is 2.57 bits per heavy atom. The number of halogens is 1. The van der Waals surface area contributed by atoms with Gasteiger partial charge in [0.15, 0.2) is 0 Å². The van der Waals surface area contributed by atoms with Crippen molar-refractivity contribution >= 4 is 17.3 Å². The molecule has 5 rings (SSSR count). The van der Waals surface area contributed by atoms with Crippen molar-refractivity contribution in [3.8, 4) is 6.01 Å². The minimum atomic E-state index is -0.159. The van der Waals surface area contributed by atoms with Crippen molar-refractivity contribution in [2.24, 2.45) is 0 Å². The topological polar surface area (TPSA) is 79.6 Å². The number of aryl methyl sites for hydroxylation is 2. The zero-order valence-electron chi connectivity index (χ0n) is 21.9. The average Bonchev–Trinajstić information content (AvgIpc) is 3.20. The third-order valence-electron chi connectivity index (χ3n) is 7.26. The second-order valence-electron chi connectivity index (χ2n) is 9.82. The highest BCUT2D eigenvalue weighted by Crippen LogP contribution is 2.34. The molecule has 1 saturated heterocycles.